The molecule has 18 heavy (non-hydrogen) atoms. The average Bonchev–Trinajstić information content (AvgIpc) is 2.47. The van der Waals surface area contributed by atoms with Gasteiger partial charge in [-0.15, -0.1) is 0 Å². The lowest BCUT2D eigenvalue weighted by Crippen LogP contribution is -1.81. The summed E-state index contributed by atoms with van der Waals surface area (Å²) in [6.45, 7) is 0. The standard InChI is InChI=1S/C16H10N2/c1-2-12-4-3-11(1)13-5-7-17-15(9-13)16-10-14(12)6-8-18-16/h1-10H. The van der Waals surface area contributed by atoms with Crippen LogP contribution in [-0.2, 0) is 0 Å². The van der Waals surface area contributed by atoms with Crippen LogP contribution in [0.1, 0.15) is 0 Å². The first-order chi connectivity index (χ1) is 8.90. The van der Waals surface area contributed by atoms with Crippen LogP contribution in [0.3, 0.4) is 0 Å². The second-order valence-electron chi connectivity index (χ2n) is 4.44. The van der Waals surface area contributed by atoms with Crippen molar-refractivity contribution in [1.29, 1.82) is 0 Å². The Morgan fingerprint density at radius 2 is 0.944 bits per heavy atom. The molecule has 0 fully saturated rings. The second kappa shape index (κ2) is 3.50. The van der Waals surface area contributed by atoms with Crippen molar-refractivity contribution in [1.82, 2.24) is 9.97 Å². The Bertz CT molecular complexity index is 787. The van der Waals surface area contributed by atoms with Gasteiger partial charge in [-0.3, -0.25) is 9.97 Å². The van der Waals surface area contributed by atoms with Crippen molar-refractivity contribution in [2.24, 2.45) is 0 Å². The van der Waals surface area contributed by atoms with Crippen LogP contribution >= 0.6 is 0 Å². The summed E-state index contributed by atoms with van der Waals surface area (Å²) in [5.74, 6) is 0. The van der Waals surface area contributed by atoms with E-state index >= 15 is 0 Å². The van der Waals surface area contributed by atoms with Crippen molar-refractivity contribution in [3.8, 4) is 0 Å². The molecule has 0 amide bonds. The fourth-order valence-electron chi connectivity index (χ4n) is 2.36. The van der Waals surface area contributed by atoms with Crippen LogP contribution in [0.4, 0.5) is 0 Å². The topological polar surface area (TPSA) is 25.8 Å². The zero-order valence-corrected chi connectivity index (χ0v) is 9.67. The Labute approximate surface area is 104 Å². The van der Waals surface area contributed by atoms with Gasteiger partial charge >= 0.3 is 0 Å². The highest BCUT2D eigenvalue weighted by Crippen LogP contribution is 2.21. The predicted molar refractivity (Wildman–Crippen MR) is 74.6 cm³/mol. The summed E-state index contributed by atoms with van der Waals surface area (Å²) in [5, 5.41) is 4.79. The number of hydrogen-bond acceptors (Lipinski definition) is 2. The molecule has 0 unspecified atom stereocenters. The van der Waals surface area contributed by atoms with E-state index in [-0.39, 0.29) is 0 Å². The minimum absolute atomic E-state index is 0.928. The number of pyridine rings is 2. The molecule has 0 aliphatic heterocycles. The minimum atomic E-state index is 0.928. The summed E-state index contributed by atoms with van der Waals surface area (Å²) in [6, 6.07) is 16.9. The molecule has 0 aliphatic rings. The molecular formula is C16H10N2. The monoisotopic (exact) mass is 230 g/mol. The van der Waals surface area contributed by atoms with E-state index in [0.717, 1.165) is 11.0 Å². The molecule has 2 aromatic heterocycles. The molecule has 0 aliphatic carbocycles. The maximum absolute atomic E-state index is 4.41. The molecular weight excluding hydrogens is 220 g/mol. The van der Waals surface area contributed by atoms with Gasteiger partial charge in [-0.1, -0.05) is 24.3 Å². The molecule has 0 radical (unpaired) electrons. The average molecular weight is 230 g/mol. The van der Waals surface area contributed by atoms with E-state index in [1.165, 1.54) is 21.5 Å². The molecule has 2 heteroatoms. The zero-order valence-electron chi connectivity index (χ0n) is 9.67. The van der Waals surface area contributed by atoms with E-state index in [1.54, 1.807) is 0 Å². The lowest BCUT2D eigenvalue weighted by atomic mass is 10.1. The van der Waals surface area contributed by atoms with E-state index in [4.69, 9.17) is 0 Å². The molecule has 3 aromatic carbocycles. The van der Waals surface area contributed by atoms with E-state index < -0.39 is 0 Å². The largest absolute Gasteiger partial charge is 0.255 e. The van der Waals surface area contributed by atoms with Crippen LogP contribution in [0.2, 0.25) is 0 Å². The van der Waals surface area contributed by atoms with E-state index in [9.17, 15) is 0 Å². The third-order valence-corrected chi connectivity index (χ3v) is 3.33. The lowest BCUT2D eigenvalue weighted by Gasteiger charge is -2.01. The second-order valence-corrected chi connectivity index (χ2v) is 4.44. The molecule has 6 bridgehead atoms. The Kier molecular flexibility index (Phi) is 1.86. The number of hydrogen-bond donors (Lipinski definition) is 0. The van der Waals surface area contributed by atoms with Crippen molar-refractivity contribution in [3.05, 3.63) is 60.9 Å². The number of fused-ring (bicyclic) bond motifs is 2. The fraction of sp³-hybridized carbons (Fsp3) is 0. The van der Waals surface area contributed by atoms with Gasteiger partial charge in [0, 0.05) is 12.4 Å². The zero-order chi connectivity index (χ0) is 11.9. The molecule has 84 valence electrons. The molecule has 0 spiro atoms. The molecule has 5 aromatic rings. The van der Waals surface area contributed by atoms with Gasteiger partial charge < -0.3 is 0 Å². The van der Waals surface area contributed by atoms with E-state index in [2.05, 4.69) is 46.4 Å². The summed E-state index contributed by atoms with van der Waals surface area (Å²) in [6.07, 6.45) is 3.68. The molecule has 2 heterocycles. The van der Waals surface area contributed by atoms with Crippen LogP contribution in [0, 0.1) is 0 Å². The van der Waals surface area contributed by atoms with Crippen molar-refractivity contribution in [3.63, 3.8) is 0 Å². The Morgan fingerprint density at radius 1 is 0.500 bits per heavy atom. The molecule has 0 atom stereocenters. The van der Waals surface area contributed by atoms with Gasteiger partial charge in [0.1, 0.15) is 0 Å². The number of rotatable bonds is 0. The first-order valence-corrected chi connectivity index (χ1v) is 5.93. The number of nitrogens with zero attached hydrogens (tertiary/aromatic N) is 2. The third-order valence-electron chi connectivity index (χ3n) is 3.33. The summed E-state index contributed by atoms with van der Waals surface area (Å²) in [5.41, 5.74) is 1.86. The Balaban J connectivity index is 2.41. The fourth-order valence-corrected chi connectivity index (χ4v) is 2.36. The predicted octanol–water partition coefficient (Wildman–Crippen LogP) is 3.94. The van der Waals surface area contributed by atoms with Crippen molar-refractivity contribution in [2.75, 3.05) is 0 Å². The Morgan fingerprint density at radius 3 is 1.39 bits per heavy atom. The third kappa shape index (κ3) is 1.36. The lowest BCUT2D eigenvalue weighted by molar-refractivity contribution is 1.37. The minimum Gasteiger partial charge on any atom is -0.255 e. The first-order valence-electron chi connectivity index (χ1n) is 5.93. The summed E-state index contributed by atoms with van der Waals surface area (Å²) < 4.78 is 0. The highest BCUT2D eigenvalue weighted by molar-refractivity contribution is 5.95. The van der Waals surface area contributed by atoms with Gasteiger partial charge in [-0.2, -0.15) is 0 Å². The first kappa shape index (κ1) is 9.54. The van der Waals surface area contributed by atoms with Crippen molar-refractivity contribution in [2.45, 2.75) is 0 Å². The van der Waals surface area contributed by atoms with Crippen LogP contribution in [-0.4, -0.2) is 9.97 Å². The smallest absolute Gasteiger partial charge is 0.0892 e. The maximum atomic E-state index is 4.41. The number of aromatic nitrogens is 2. The normalized spacial score (nSPS) is 11.3. The maximum Gasteiger partial charge on any atom is 0.0892 e. The molecule has 0 saturated heterocycles. The summed E-state index contributed by atoms with van der Waals surface area (Å²) in [7, 11) is 0. The number of benzene rings is 1. The van der Waals surface area contributed by atoms with Gasteiger partial charge in [0.05, 0.1) is 11.0 Å². The highest BCUT2D eigenvalue weighted by Gasteiger charge is 1.98. The van der Waals surface area contributed by atoms with Crippen LogP contribution in [0.25, 0.3) is 32.6 Å². The van der Waals surface area contributed by atoms with Crippen LogP contribution < -0.4 is 0 Å². The molecule has 0 saturated carbocycles. The van der Waals surface area contributed by atoms with Crippen molar-refractivity contribution >= 4 is 32.6 Å². The van der Waals surface area contributed by atoms with Crippen LogP contribution in [0.15, 0.2) is 60.9 Å². The summed E-state index contributed by atoms with van der Waals surface area (Å²) in [4.78, 5) is 8.81. The van der Waals surface area contributed by atoms with Gasteiger partial charge in [-0.05, 0) is 45.8 Å². The van der Waals surface area contributed by atoms with E-state index in [1.807, 2.05) is 24.5 Å². The summed E-state index contributed by atoms with van der Waals surface area (Å²) >= 11 is 0. The van der Waals surface area contributed by atoms with Gasteiger partial charge in [-0.25, -0.2) is 0 Å². The SMILES string of the molecule is c1cc2cc(n1)c1cc(ccn1)c1ccc2cc1. The van der Waals surface area contributed by atoms with Gasteiger partial charge in [0.25, 0.3) is 0 Å². The molecule has 5 rings (SSSR count). The van der Waals surface area contributed by atoms with Gasteiger partial charge in [0.2, 0.25) is 0 Å². The van der Waals surface area contributed by atoms with Gasteiger partial charge in [0.15, 0.2) is 0 Å². The van der Waals surface area contributed by atoms with E-state index in [0.29, 0.717) is 0 Å². The highest BCUT2D eigenvalue weighted by atomic mass is 14.7. The van der Waals surface area contributed by atoms with Crippen LogP contribution in [0.5, 0.6) is 0 Å². The van der Waals surface area contributed by atoms with Crippen molar-refractivity contribution < 1.29 is 0 Å². The Hall–Kier alpha value is -2.48. The molecule has 0 N–H and O–H groups in total. The molecule has 2 nitrogen and oxygen atoms in total. The quantitative estimate of drug-likeness (QED) is 0.457.